The lowest BCUT2D eigenvalue weighted by Crippen LogP contribution is -2.04. The number of hydrogen-bond acceptors (Lipinski definition) is 3. The van der Waals surface area contributed by atoms with Gasteiger partial charge in [0.2, 0.25) is 0 Å². The van der Waals surface area contributed by atoms with Gasteiger partial charge in [0.15, 0.2) is 5.75 Å². The van der Waals surface area contributed by atoms with Gasteiger partial charge in [0.1, 0.15) is 11.4 Å². The van der Waals surface area contributed by atoms with E-state index in [4.69, 9.17) is 15.6 Å². The minimum absolute atomic E-state index is 0.0195. The quantitative estimate of drug-likeness (QED) is 0.677. The van der Waals surface area contributed by atoms with Gasteiger partial charge in [-0.2, -0.15) is 0 Å². The predicted molar refractivity (Wildman–Crippen MR) is 44.3 cm³/mol. The van der Waals surface area contributed by atoms with Crippen molar-refractivity contribution < 1.29 is 19.0 Å². The number of ether oxygens (including phenoxy) is 1. The summed E-state index contributed by atoms with van der Waals surface area (Å²) >= 11 is 0. The average Bonchev–Trinajstić information content (AvgIpc) is 2.02. The third kappa shape index (κ3) is 1.69. The molecule has 1 rings (SSSR count). The molecular weight excluding hydrogens is 177 g/mol. The van der Waals surface area contributed by atoms with E-state index in [1.165, 1.54) is 7.11 Å². The molecule has 1 aromatic carbocycles. The minimum atomic E-state index is -1.27. The van der Waals surface area contributed by atoms with Gasteiger partial charge in [0.25, 0.3) is 0 Å². The van der Waals surface area contributed by atoms with Crippen LogP contribution >= 0.6 is 0 Å². The Hall–Kier alpha value is -1.78. The van der Waals surface area contributed by atoms with Crippen LogP contribution in [0.2, 0.25) is 0 Å². The first-order valence-corrected chi connectivity index (χ1v) is 3.42. The second kappa shape index (κ2) is 3.30. The fourth-order valence-electron chi connectivity index (χ4n) is 1.00. The molecule has 70 valence electrons. The third-order valence-corrected chi connectivity index (χ3v) is 1.52. The van der Waals surface area contributed by atoms with Gasteiger partial charge in [-0.3, -0.25) is 0 Å². The zero-order valence-electron chi connectivity index (χ0n) is 6.87. The summed E-state index contributed by atoms with van der Waals surface area (Å²) in [5.41, 5.74) is 5.04. The smallest absolute Gasteiger partial charge is 0.339 e. The van der Waals surface area contributed by atoms with Crippen LogP contribution < -0.4 is 10.5 Å². The molecular formula is C8H8FNO3. The van der Waals surface area contributed by atoms with Gasteiger partial charge in [-0.05, 0) is 6.07 Å². The zero-order valence-corrected chi connectivity index (χ0v) is 6.87. The van der Waals surface area contributed by atoms with E-state index in [-0.39, 0.29) is 17.0 Å². The Morgan fingerprint density at radius 1 is 1.62 bits per heavy atom. The fraction of sp³-hybridized carbons (Fsp3) is 0.125. The summed E-state index contributed by atoms with van der Waals surface area (Å²) in [6.07, 6.45) is 0. The molecule has 0 saturated carbocycles. The van der Waals surface area contributed by atoms with Crippen molar-refractivity contribution in [3.05, 3.63) is 23.5 Å². The maximum Gasteiger partial charge on any atom is 0.339 e. The number of carboxylic acid groups (broad SMARTS) is 1. The predicted octanol–water partition coefficient (Wildman–Crippen LogP) is 1.11. The topological polar surface area (TPSA) is 72.5 Å². The van der Waals surface area contributed by atoms with Crippen LogP contribution in [0.25, 0.3) is 0 Å². The van der Waals surface area contributed by atoms with E-state index in [1.54, 1.807) is 0 Å². The van der Waals surface area contributed by atoms with Crippen molar-refractivity contribution in [3.8, 4) is 5.75 Å². The summed E-state index contributed by atoms with van der Waals surface area (Å²) in [7, 11) is 1.27. The lowest BCUT2D eigenvalue weighted by Gasteiger charge is -2.07. The first-order valence-electron chi connectivity index (χ1n) is 3.42. The van der Waals surface area contributed by atoms with E-state index < -0.39 is 11.8 Å². The summed E-state index contributed by atoms with van der Waals surface area (Å²) in [6.45, 7) is 0. The van der Waals surface area contributed by atoms with Gasteiger partial charge >= 0.3 is 5.97 Å². The molecule has 0 unspecified atom stereocenters. The van der Waals surface area contributed by atoms with E-state index in [0.29, 0.717) is 0 Å². The van der Waals surface area contributed by atoms with Gasteiger partial charge in [-0.25, -0.2) is 9.18 Å². The number of halogens is 1. The van der Waals surface area contributed by atoms with E-state index in [2.05, 4.69) is 0 Å². The number of nitrogens with two attached hydrogens (primary N) is 1. The summed E-state index contributed by atoms with van der Waals surface area (Å²) < 4.78 is 17.4. The number of carbonyl (C=O) groups is 1. The van der Waals surface area contributed by atoms with Gasteiger partial charge in [0, 0.05) is 6.07 Å². The van der Waals surface area contributed by atoms with Crippen molar-refractivity contribution in [2.24, 2.45) is 0 Å². The Morgan fingerprint density at radius 2 is 2.23 bits per heavy atom. The lowest BCUT2D eigenvalue weighted by molar-refractivity contribution is 0.0693. The Morgan fingerprint density at radius 3 is 2.69 bits per heavy atom. The number of rotatable bonds is 2. The van der Waals surface area contributed by atoms with E-state index >= 15 is 0 Å². The number of hydrogen-bond donors (Lipinski definition) is 2. The number of aromatic carboxylic acids is 1. The van der Waals surface area contributed by atoms with Crippen LogP contribution in [0.15, 0.2) is 12.1 Å². The Bertz CT molecular complexity index is 351. The maximum absolute atomic E-state index is 12.7. The number of carboxylic acids is 1. The van der Waals surface area contributed by atoms with Crippen LogP contribution in [0.4, 0.5) is 10.1 Å². The highest BCUT2D eigenvalue weighted by Gasteiger charge is 2.15. The first kappa shape index (κ1) is 9.31. The van der Waals surface area contributed by atoms with Crippen LogP contribution in [0.3, 0.4) is 0 Å². The summed E-state index contributed by atoms with van der Waals surface area (Å²) in [5.74, 6) is -1.99. The van der Waals surface area contributed by atoms with Gasteiger partial charge in [0.05, 0.1) is 12.8 Å². The van der Waals surface area contributed by atoms with Crippen molar-refractivity contribution in [1.82, 2.24) is 0 Å². The van der Waals surface area contributed by atoms with Crippen molar-refractivity contribution in [2.45, 2.75) is 0 Å². The molecule has 13 heavy (non-hydrogen) atoms. The molecule has 0 heterocycles. The molecule has 0 atom stereocenters. The largest absolute Gasteiger partial charge is 0.494 e. The van der Waals surface area contributed by atoms with Crippen molar-refractivity contribution >= 4 is 11.7 Å². The SMILES string of the molecule is COc1c(N)cc(F)cc1C(=O)O. The molecule has 0 saturated heterocycles. The standard InChI is InChI=1S/C8H8FNO3/c1-13-7-5(8(11)12)2-4(9)3-6(7)10/h2-3H,10H2,1H3,(H,11,12). The summed E-state index contributed by atoms with van der Waals surface area (Å²) in [5, 5.41) is 8.64. The Labute approximate surface area is 73.7 Å². The van der Waals surface area contributed by atoms with Gasteiger partial charge in [-0.1, -0.05) is 0 Å². The molecule has 0 amide bonds. The highest BCUT2D eigenvalue weighted by atomic mass is 19.1. The number of methoxy groups -OCH3 is 1. The number of benzene rings is 1. The molecule has 1 aromatic rings. The van der Waals surface area contributed by atoms with Crippen molar-refractivity contribution in [1.29, 1.82) is 0 Å². The normalized spacial score (nSPS) is 9.69. The molecule has 0 aliphatic rings. The summed E-state index contributed by atoms with van der Waals surface area (Å²) in [6, 6.07) is 1.86. The van der Waals surface area contributed by atoms with Crippen LogP contribution in [0, 0.1) is 5.82 Å². The fourth-order valence-corrected chi connectivity index (χ4v) is 1.00. The monoisotopic (exact) mass is 185 g/mol. The molecule has 4 nitrogen and oxygen atoms in total. The van der Waals surface area contributed by atoms with Crippen LogP contribution in [-0.4, -0.2) is 18.2 Å². The molecule has 3 N–H and O–H groups in total. The molecule has 0 aliphatic carbocycles. The third-order valence-electron chi connectivity index (χ3n) is 1.52. The van der Waals surface area contributed by atoms with E-state index in [9.17, 15) is 9.18 Å². The van der Waals surface area contributed by atoms with E-state index in [1.807, 2.05) is 0 Å². The molecule has 0 fully saturated rings. The summed E-state index contributed by atoms with van der Waals surface area (Å²) in [4.78, 5) is 10.6. The van der Waals surface area contributed by atoms with Crippen molar-refractivity contribution in [3.63, 3.8) is 0 Å². The molecule has 0 bridgehead atoms. The second-order valence-corrected chi connectivity index (χ2v) is 2.38. The minimum Gasteiger partial charge on any atom is -0.494 e. The highest BCUT2D eigenvalue weighted by Crippen LogP contribution is 2.27. The molecule has 5 heteroatoms. The van der Waals surface area contributed by atoms with Crippen molar-refractivity contribution in [2.75, 3.05) is 12.8 Å². The van der Waals surface area contributed by atoms with Crippen LogP contribution in [0.5, 0.6) is 5.75 Å². The maximum atomic E-state index is 12.7. The average molecular weight is 185 g/mol. The Kier molecular flexibility index (Phi) is 2.36. The lowest BCUT2D eigenvalue weighted by atomic mass is 10.1. The number of nitrogen functional groups attached to an aromatic ring is 1. The second-order valence-electron chi connectivity index (χ2n) is 2.38. The zero-order chi connectivity index (χ0) is 10.0. The van der Waals surface area contributed by atoms with Gasteiger partial charge < -0.3 is 15.6 Å². The highest BCUT2D eigenvalue weighted by molar-refractivity contribution is 5.93. The molecule has 0 aromatic heterocycles. The van der Waals surface area contributed by atoms with E-state index in [0.717, 1.165) is 12.1 Å². The first-order chi connectivity index (χ1) is 6.06. The molecule has 0 radical (unpaired) electrons. The number of anilines is 1. The Balaban J connectivity index is 3.38. The molecule has 0 spiro atoms. The van der Waals surface area contributed by atoms with Crippen LogP contribution in [0.1, 0.15) is 10.4 Å². The molecule has 0 aliphatic heterocycles. The van der Waals surface area contributed by atoms with Crippen LogP contribution in [-0.2, 0) is 0 Å². The van der Waals surface area contributed by atoms with Gasteiger partial charge in [-0.15, -0.1) is 0 Å².